The number of hydrogen-bond acceptors (Lipinski definition) is 4. The first-order valence-corrected chi connectivity index (χ1v) is 8.01. The number of likely N-dealkylation sites (tertiary alicyclic amines) is 1. The minimum Gasteiger partial charge on any atom is -0.481 e. The molecule has 1 aliphatic heterocycles. The molecule has 3 heterocycles. The number of methoxy groups -OCH3 is 1. The van der Waals surface area contributed by atoms with E-state index in [4.69, 9.17) is 4.74 Å². The zero-order chi connectivity index (χ0) is 16.2. The van der Waals surface area contributed by atoms with Crippen LogP contribution in [0.5, 0.6) is 5.88 Å². The number of aromatic nitrogens is 2. The van der Waals surface area contributed by atoms with Gasteiger partial charge in [0.15, 0.2) is 0 Å². The Labute approximate surface area is 136 Å². The molecule has 122 valence electrons. The van der Waals surface area contributed by atoms with E-state index in [2.05, 4.69) is 21.8 Å². The number of nitrogens with zero attached hydrogens (tertiary/aromatic N) is 3. The highest BCUT2D eigenvalue weighted by Crippen LogP contribution is 2.28. The summed E-state index contributed by atoms with van der Waals surface area (Å²) in [5.41, 5.74) is 2.00. The quantitative estimate of drug-likeness (QED) is 0.849. The van der Waals surface area contributed by atoms with Gasteiger partial charge in [0, 0.05) is 24.3 Å². The summed E-state index contributed by atoms with van der Waals surface area (Å²) in [7, 11) is 1.64. The Kier molecular flexibility index (Phi) is 4.86. The molecule has 0 bridgehead atoms. The Morgan fingerprint density at radius 3 is 2.96 bits per heavy atom. The van der Waals surface area contributed by atoms with Crippen molar-refractivity contribution in [2.24, 2.45) is 5.92 Å². The maximum atomic E-state index is 12.9. The second kappa shape index (κ2) is 7.04. The fraction of sp³-hybridized carbons (Fsp3) is 0.444. The van der Waals surface area contributed by atoms with Crippen LogP contribution in [0.3, 0.4) is 0 Å². The second-order valence-corrected chi connectivity index (χ2v) is 6.10. The summed E-state index contributed by atoms with van der Waals surface area (Å²) in [6, 6.07) is 9.41. The molecule has 0 aliphatic carbocycles. The smallest absolute Gasteiger partial charge is 0.213 e. The third-order valence-electron chi connectivity index (χ3n) is 4.53. The SMILES string of the molecule is COc1cccc([C@@H](C)N2CC[C@H](Cc3ccc(F)cn3)C2)n1. The van der Waals surface area contributed by atoms with Gasteiger partial charge in [-0.1, -0.05) is 6.07 Å². The second-order valence-electron chi connectivity index (χ2n) is 6.10. The molecule has 1 fully saturated rings. The molecule has 1 aliphatic rings. The van der Waals surface area contributed by atoms with Crippen molar-refractivity contribution in [1.82, 2.24) is 14.9 Å². The molecule has 4 nitrogen and oxygen atoms in total. The van der Waals surface area contributed by atoms with E-state index >= 15 is 0 Å². The third kappa shape index (κ3) is 3.85. The molecule has 0 saturated carbocycles. The predicted molar refractivity (Wildman–Crippen MR) is 86.8 cm³/mol. The molecular formula is C18H22FN3O. The molecule has 0 aromatic carbocycles. The molecule has 23 heavy (non-hydrogen) atoms. The van der Waals surface area contributed by atoms with E-state index in [1.165, 1.54) is 12.3 Å². The molecule has 5 heteroatoms. The van der Waals surface area contributed by atoms with E-state index in [1.54, 1.807) is 13.2 Å². The number of ether oxygens (including phenoxy) is 1. The Balaban J connectivity index is 1.61. The highest BCUT2D eigenvalue weighted by molar-refractivity contribution is 5.18. The zero-order valence-electron chi connectivity index (χ0n) is 13.6. The van der Waals surface area contributed by atoms with Crippen LogP contribution in [0.2, 0.25) is 0 Å². The fourth-order valence-electron chi connectivity index (χ4n) is 3.17. The van der Waals surface area contributed by atoms with Crippen LogP contribution in [0.25, 0.3) is 0 Å². The summed E-state index contributed by atoms with van der Waals surface area (Å²) in [6.07, 6.45) is 3.33. The van der Waals surface area contributed by atoms with Gasteiger partial charge in [-0.3, -0.25) is 9.88 Å². The molecule has 0 amide bonds. The molecule has 2 atom stereocenters. The molecule has 2 aromatic rings. The minimum atomic E-state index is -0.278. The van der Waals surface area contributed by atoms with E-state index in [9.17, 15) is 4.39 Å². The summed E-state index contributed by atoms with van der Waals surface area (Å²) in [4.78, 5) is 11.1. The molecule has 0 N–H and O–H groups in total. The molecule has 0 unspecified atom stereocenters. The summed E-state index contributed by atoms with van der Waals surface area (Å²) < 4.78 is 18.1. The molecular weight excluding hydrogens is 293 g/mol. The van der Waals surface area contributed by atoms with Gasteiger partial charge in [0.2, 0.25) is 5.88 Å². The lowest BCUT2D eigenvalue weighted by atomic mass is 10.0. The van der Waals surface area contributed by atoms with Crippen LogP contribution < -0.4 is 4.74 Å². The normalized spacial score (nSPS) is 19.7. The topological polar surface area (TPSA) is 38.2 Å². The predicted octanol–water partition coefficient (Wildman–Crippen LogP) is 3.25. The van der Waals surface area contributed by atoms with Crippen LogP contribution in [0.15, 0.2) is 36.5 Å². The van der Waals surface area contributed by atoms with Crippen LogP contribution in [-0.4, -0.2) is 35.1 Å². The van der Waals surface area contributed by atoms with Crippen molar-refractivity contribution < 1.29 is 9.13 Å². The maximum absolute atomic E-state index is 12.9. The molecule has 0 radical (unpaired) electrons. The standard InChI is InChI=1S/C18H22FN3O/c1-13(17-4-3-5-18(21-17)23-2)22-9-8-14(12-22)10-16-7-6-15(19)11-20-16/h3-7,11,13-14H,8-10,12H2,1-2H3/t13-,14-/m1/s1. The highest BCUT2D eigenvalue weighted by Gasteiger charge is 2.27. The molecule has 2 aromatic heterocycles. The van der Waals surface area contributed by atoms with Crippen molar-refractivity contribution in [3.8, 4) is 5.88 Å². The summed E-state index contributed by atoms with van der Waals surface area (Å²) in [5, 5.41) is 0. The van der Waals surface area contributed by atoms with Crippen molar-refractivity contribution in [1.29, 1.82) is 0 Å². The van der Waals surface area contributed by atoms with Crippen LogP contribution in [0.1, 0.15) is 30.8 Å². The number of halogens is 1. The van der Waals surface area contributed by atoms with Gasteiger partial charge in [-0.15, -0.1) is 0 Å². The van der Waals surface area contributed by atoms with Gasteiger partial charge >= 0.3 is 0 Å². The van der Waals surface area contributed by atoms with Crippen molar-refractivity contribution >= 4 is 0 Å². The van der Waals surface area contributed by atoms with Gasteiger partial charge in [-0.25, -0.2) is 9.37 Å². The Bertz CT molecular complexity index is 647. The average molecular weight is 315 g/mol. The van der Waals surface area contributed by atoms with Crippen LogP contribution in [-0.2, 0) is 6.42 Å². The van der Waals surface area contributed by atoms with Crippen LogP contribution in [0.4, 0.5) is 4.39 Å². The zero-order valence-corrected chi connectivity index (χ0v) is 13.6. The lowest BCUT2D eigenvalue weighted by Gasteiger charge is -2.24. The summed E-state index contributed by atoms with van der Waals surface area (Å²) in [5.74, 6) is 0.932. The Morgan fingerprint density at radius 1 is 1.35 bits per heavy atom. The summed E-state index contributed by atoms with van der Waals surface area (Å²) >= 11 is 0. The molecule has 1 saturated heterocycles. The largest absolute Gasteiger partial charge is 0.481 e. The van der Waals surface area contributed by atoms with Crippen molar-refractivity contribution in [2.75, 3.05) is 20.2 Å². The number of rotatable bonds is 5. The number of hydrogen-bond donors (Lipinski definition) is 0. The highest BCUT2D eigenvalue weighted by atomic mass is 19.1. The summed E-state index contributed by atoms with van der Waals surface area (Å²) in [6.45, 7) is 4.24. The Morgan fingerprint density at radius 2 is 2.22 bits per heavy atom. The number of pyridine rings is 2. The Hall–Kier alpha value is -2.01. The van der Waals surface area contributed by atoms with Crippen molar-refractivity contribution in [2.45, 2.75) is 25.8 Å². The molecule has 3 rings (SSSR count). The van der Waals surface area contributed by atoms with E-state index in [0.29, 0.717) is 11.8 Å². The van der Waals surface area contributed by atoms with E-state index in [-0.39, 0.29) is 11.9 Å². The van der Waals surface area contributed by atoms with Crippen molar-refractivity contribution in [3.05, 3.63) is 53.7 Å². The lowest BCUT2D eigenvalue weighted by Crippen LogP contribution is -2.25. The van der Waals surface area contributed by atoms with Crippen LogP contribution in [0, 0.1) is 11.7 Å². The van der Waals surface area contributed by atoms with Gasteiger partial charge in [-0.2, -0.15) is 0 Å². The maximum Gasteiger partial charge on any atom is 0.213 e. The van der Waals surface area contributed by atoms with Gasteiger partial charge < -0.3 is 4.74 Å². The van der Waals surface area contributed by atoms with Gasteiger partial charge in [0.05, 0.1) is 19.0 Å². The van der Waals surface area contributed by atoms with E-state index < -0.39 is 0 Å². The first-order chi connectivity index (χ1) is 11.2. The monoisotopic (exact) mass is 315 g/mol. The van der Waals surface area contributed by atoms with Crippen molar-refractivity contribution in [3.63, 3.8) is 0 Å². The minimum absolute atomic E-state index is 0.260. The first kappa shape index (κ1) is 15.9. The van der Waals surface area contributed by atoms with Gasteiger partial charge in [0.25, 0.3) is 0 Å². The van der Waals surface area contributed by atoms with Crippen LogP contribution >= 0.6 is 0 Å². The average Bonchev–Trinajstić information content (AvgIpc) is 3.05. The lowest BCUT2D eigenvalue weighted by molar-refractivity contribution is 0.246. The molecule has 0 spiro atoms. The van der Waals surface area contributed by atoms with Gasteiger partial charge in [0.1, 0.15) is 5.82 Å². The van der Waals surface area contributed by atoms with Gasteiger partial charge in [-0.05, 0) is 50.4 Å². The van der Waals surface area contributed by atoms with E-state index in [1.807, 2.05) is 18.2 Å². The first-order valence-electron chi connectivity index (χ1n) is 8.01. The third-order valence-corrected chi connectivity index (χ3v) is 4.53. The fourth-order valence-corrected chi connectivity index (χ4v) is 3.17. The van der Waals surface area contributed by atoms with E-state index in [0.717, 1.165) is 37.3 Å².